The zero-order chi connectivity index (χ0) is 13.4. The Kier molecular flexibility index (Phi) is 2.85. The van der Waals surface area contributed by atoms with Crippen LogP contribution < -0.4 is 4.90 Å². The number of fused-ring (bicyclic) bond motifs is 1. The highest BCUT2D eigenvalue weighted by Crippen LogP contribution is 2.31. The van der Waals surface area contributed by atoms with Crippen LogP contribution in [0.4, 0.5) is 5.69 Å². The first-order chi connectivity index (χ1) is 9.16. The number of carbonyl (C=O) groups is 1. The van der Waals surface area contributed by atoms with Gasteiger partial charge in [-0.2, -0.15) is 5.10 Å². The lowest BCUT2D eigenvalue weighted by Gasteiger charge is -2.30. The van der Waals surface area contributed by atoms with Gasteiger partial charge < -0.3 is 10.0 Å². The average Bonchev–Trinajstić information content (AvgIpc) is 2.78. The summed E-state index contributed by atoms with van der Waals surface area (Å²) < 4.78 is 1.68. The van der Waals surface area contributed by atoms with Gasteiger partial charge in [-0.1, -0.05) is 0 Å². The molecule has 0 amide bonds. The van der Waals surface area contributed by atoms with E-state index in [0.717, 1.165) is 37.0 Å². The summed E-state index contributed by atoms with van der Waals surface area (Å²) >= 11 is 0. The number of anilines is 1. The monoisotopic (exact) mass is 260 g/mol. The van der Waals surface area contributed by atoms with Gasteiger partial charge in [0.25, 0.3) is 0 Å². The molecule has 1 aliphatic rings. The van der Waals surface area contributed by atoms with Crippen molar-refractivity contribution in [3.63, 3.8) is 0 Å². The molecular weight excluding hydrogens is 244 g/mol. The Morgan fingerprint density at radius 2 is 2.05 bits per heavy atom. The Hall–Kier alpha value is -2.11. The molecule has 6 heteroatoms. The van der Waals surface area contributed by atoms with E-state index < -0.39 is 5.97 Å². The molecule has 3 rings (SSSR count). The third kappa shape index (κ3) is 2.03. The molecular formula is C13H16N4O2. The van der Waals surface area contributed by atoms with Gasteiger partial charge in [0.15, 0.2) is 5.65 Å². The third-order valence-electron chi connectivity index (χ3n) is 3.54. The number of piperidine rings is 1. The Morgan fingerprint density at radius 3 is 2.74 bits per heavy atom. The summed E-state index contributed by atoms with van der Waals surface area (Å²) in [7, 11) is 1.82. The number of pyridine rings is 1. The van der Waals surface area contributed by atoms with Gasteiger partial charge in [-0.25, -0.2) is 9.78 Å². The van der Waals surface area contributed by atoms with Crippen molar-refractivity contribution in [2.24, 2.45) is 7.05 Å². The Morgan fingerprint density at radius 1 is 1.32 bits per heavy atom. The fourth-order valence-corrected chi connectivity index (χ4v) is 2.69. The van der Waals surface area contributed by atoms with E-state index >= 15 is 0 Å². The molecule has 0 aliphatic carbocycles. The minimum absolute atomic E-state index is 0.266. The molecule has 0 radical (unpaired) electrons. The van der Waals surface area contributed by atoms with Crippen LogP contribution in [-0.4, -0.2) is 38.9 Å². The van der Waals surface area contributed by atoms with Crippen LogP contribution in [0.15, 0.2) is 12.4 Å². The van der Waals surface area contributed by atoms with Gasteiger partial charge in [0.2, 0.25) is 0 Å². The molecule has 0 atom stereocenters. The molecule has 1 aliphatic heterocycles. The summed E-state index contributed by atoms with van der Waals surface area (Å²) in [6, 6.07) is 0. The second-order valence-electron chi connectivity index (χ2n) is 4.91. The number of aryl methyl sites for hydroxylation is 1. The molecule has 0 unspecified atom stereocenters. The maximum Gasteiger partial charge on any atom is 0.339 e. The van der Waals surface area contributed by atoms with Gasteiger partial charge in [-0.05, 0) is 19.3 Å². The summed E-state index contributed by atoms with van der Waals surface area (Å²) in [5.74, 6) is -0.932. The van der Waals surface area contributed by atoms with Crippen molar-refractivity contribution in [1.82, 2.24) is 14.8 Å². The van der Waals surface area contributed by atoms with E-state index in [9.17, 15) is 9.90 Å². The number of hydrogen-bond donors (Lipinski definition) is 1. The van der Waals surface area contributed by atoms with Gasteiger partial charge in [0.05, 0.1) is 11.1 Å². The zero-order valence-electron chi connectivity index (χ0n) is 10.8. The second-order valence-corrected chi connectivity index (χ2v) is 4.91. The van der Waals surface area contributed by atoms with E-state index in [0.29, 0.717) is 5.65 Å². The fraction of sp³-hybridized carbons (Fsp3) is 0.462. The molecule has 100 valence electrons. The molecule has 1 saturated heterocycles. The summed E-state index contributed by atoms with van der Waals surface area (Å²) in [4.78, 5) is 17.7. The second kappa shape index (κ2) is 4.53. The standard InChI is InChI=1S/C13H16N4O2/c1-16-8-10-11(17-5-3-2-4-6-17)9(13(18)19)7-14-12(10)15-16/h7-8H,2-6H2,1H3,(H,18,19). The molecule has 2 aromatic heterocycles. The maximum atomic E-state index is 11.4. The minimum Gasteiger partial charge on any atom is -0.478 e. The molecule has 1 N–H and O–H groups in total. The highest BCUT2D eigenvalue weighted by molar-refractivity contribution is 6.03. The maximum absolute atomic E-state index is 11.4. The molecule has 19 heavy (non-hydrogen) atoms. The normalized spacial score (nSPS) is 15.9. The van der Waals surface area contributed by atoms with Crippen molar-refractivity contribution < 1.29 is 9.90 Å². The summed E-state index contributed by atoms with van der Waals surface area (Å²) in [5, 5.41) is 14.4. The van der Waals surface area contributed by atoms with Crippen LogP contribution in [0.25, 0.3) is 11.0 Å². The number of aromatic carboxylic acids is 1. The van der Waals surface area contributed by atoms with Crippen molar-refractivity contribution in [2.75, 3.05) is 18.0 Å². The molecule has 0 spiro atoms. The molecule has 1 fully saturated rings. The minimum atomic E-state index is -0.932. The predicted octanol–water partition coefficient (Wildman–Crippen LogP) is 1.66. The van der Waals surface area contributed by atoms with Crippen LogP contribution in [0.1, 0.15) is 29.6 Å². The first kappa shape index (κ1) is 12.0. The van der Waals surface area contributed by atoms with E-state index in [2.05, 4.69) is 15.0 Å². The summed E-state index contributed by atoms with van der Waals surface area (Å²) in [6.45, 7) is 1.79. The van der Waals surface area contributed by atoms with E-state index in [4.69, 9.17) is 0 Å². The van der Waals surface area contributed by atoms with Crippen LogP contribution >= 0.6 is 0 Å². The zero-order valence-corrected chi connectivity index (χ0v) is 10.8. The molecule has 0 aromatic carbocycles. The Labute approximate surface area is 110 Å². The summed E-state index contributed by atoms with van der Waals surface area (Å²) in [6.07, 6.45) is 6.67. The van der Waals surface area contributed by atoms with Crippen molar-refractivity contribution in [2.45, 2.75) is 19.3 Å². The van der Waals surface area contributed by atoms with Crippen LogP contribution in [0, 0.1) is 0 Å². The van der Waals surface area contributed by atoms with E-state index in [1.807, 2.05) is 13.2 Å². The Balaban J connectivity index is 2.21. The van der Waals surface area contributed by atoms with Crippen molar-refractivity contribution in [3.05, 3.63) is 18.0 Å². The topological polar surface area (TPSA) is 71.2 Å². The van der Waals surface area contributed by atoms with Crippen molar-refractivity contribution >= 4 is 22.7 Å². The van der Waals surface area contributed by atoms with Gasteiger partial charge in [-0.15, -0.1) is 0 Å². The van der Waals surface area contributed by atoms with E-state index in [1.165, 1.54) is 12.6 Å². The van der Waals surface area contributed by atoms with Crippen LogP contribution in [0.2, 0.25) is 0 Å². The fourth-order valence-electron chi connectivity index (χ4n) is 2.69. The van der Waals surface area contributed by atoms with Crippen LogP contribution in [0.5, 0.6) is 0 Å². The van der Waals surface area contributed by atoms with Crippen LogP contribution in [-0.2, 0) is 7.05 Å². The predicted molar refractivity (Wildman–Crippen MR) is 71.5 cm³/mol. The van der Waals surface area contributed by atoms with E-state index in [1.54, 1.807) is 4.68 Å². The van der Waals surface area contributed by atoms with Crippen molar-refractivity contribution in [1.29, 1.82) is 0 Å². The number of nitrogens with zero attached hydrogens (tertiary/aromatic N) is 4. The highest BCUT2D eigenvalue weighted by atomic mass is 16.4. The number of carboxylic acid groups (broad SMARTS) is 1. The molecule has 0 saturated carbocycles. The SMILES string of the molecule is Cn1cc2c(N3CCCCC3)c(C(=O)O)cnc2n1. The van der Waals surface area contributed by atoms with Gasteiger partial charge in [0.1, 0.15) is 5.56 Å². The summed E-state index contributed by atoms with van der Waals surface area (Å²) in [5.41, 5.74) is 1.64. The largest absolute Gasteiger partial charge is 0.478 e. The quantitative estimate of drug-likeness (QED) is 0.889. The first-order valence-corrected chi connectivity index (χ1v) is 6.47. The number of rotatable bonds is 2. The van der Waals surface area contributed by atoms with E-state index in [-0.39, 0.29) is 5.56 Å². The lowest BCUT2D eigenvalue weighted by Crippen LogP contribution is -2.31. The highest BCUT2D eigenvalue weighted by Gasteiger charge is 2.22. The molecule has 2 aromatic rings. The molecule has 3 heterocycles. The number of carboxylic acids is 1. The lowest BCUT2D eigenvalue weighted by molar-refractivity contribution is 0.0697. The van der Waals surface area contributed by atoms with Gasteiger partial charge in [-0.3, -0.25) is 4.68 Å². The number of hydrogen-bond acceptors (Lipinski definition) is 4. The van der Waals surface area contributed by atoms with Crippen molar-refractivity contribution in [3.8, 4) is 0 Å². The van der Waals surface area contributed by atoms with Gasteiger partial charge in [0, 0.05) is 32.5 Å². The van der Waals surface area contributed by atoms with Crippen LogP contribution in [0.3, 0.4) is 0 Å². The molecule has 6 nitrogen and oxygen atoms in total. The lowest BCUT2D eigenvalue weighted by atomic mass is 10.1. The molecule has 0 bridgehead atoms. The smallest absolute Gasteiger partial charge is 0.339 e. The number of aromatic nitrogens is 3. The average molecular weight is 260 g/mol. The Bertz CT molecular complexity index is 629. The van der Waals surface area contributed by atoms with Gasteiger partial charge >= 0.3 is 5.97 Å². The first-order valence-electron chi connectivity index (χ1n) is 6.47. The third-order valence-corrected chi connectivity index (χ3v) is 3.54.